The van der Waals surface area contributed by atoms with Gasteiger partial charge in [0.05, 0.1) is 24.4 Å². The summed E-state index contributed by atoms with van der Waals surface area (Å²) in [6.45, 7) is 0.339. The van der Waals surface area contributed by atoms with Crippen LogP contribution in [0.1, 0.15) is 12.8 Å². The van der Waals surface area contributed by atoms with E-state index in [-0.39, 0.29) is 31.2 Å². The highest BCUT2D eigenvalue weighted by Crippen LogP contribution is 2.33. The van der Waals surface area contributed by atoms with Crippen molar-refractivity contribution in [2.24, 2.45) is 4.99 Å². The first-order valence-corrected chi connectivity index (χ1v) is 10.8. The molecule has 0 bridgehead atoms. The summed E-state index contributed by atoms with van der Waals surface area (Å²) >= 11 is 3.04. The Kier molecular flexibility index (Phi) is 6.40. The minimum Gasteiger partial charge on any atom is -0.493 e. The average molecular weight is 424 g/mol. The number of hydrogen-bond acceptors (Lipinski definition) is 7. The summed E-state index contributed by atoms with van der Waals surface area (Å²) < 4.78 is 13.6. The molecular formula is C18H21N3O5S2. The Labute approximate surface area is 170 Å². The van der Waals surface area contributed by atoms with Gasteiger partial charge in [0.15, 0.2) is 16.3 Å². The van der Waals surface area contributed by atoms with Crippen molar-refractivity contribution in [3.63, 3.8) is 0 Å². The summed E-state index contributed by atoms with van der Waals surface area (Å²) in [7, 11) is 3.14. The lowest BCUT2D eigenvalue weighted by Gasteiger charge is -2.10. The zero-order chi connectivity index (χ0) is 20.3. The Morgan fingerprint density at radius 3 is 2.43 bits per heavy atom. The number of rotatable bonds is 7. The minimum atomic E-state index is -0.521. The SMILES string of the molecule is COc1cc2sc(=NC(=O)CN3C(=O)CCC3=O)n(CCSC)c2cc1OC. The Hall–Kier alpha value is -2.33. The van der Waals surface area contributed by atoms with Crippen molar-refractivity contribution in [3.05, 3.63) is 16.9 Å². The van der Waals surface area contributed by atoms with Gasteiger partial charge in [-0.2, -0.15) is 16.8 Å². The topological polar surface area (TPSA) is 90.2 Å². The summed E-state index contributed by atoms with van der Waals surface area (Å²) in [5.74, 6) is 0.859. The van der Waals surface area contributed by atoms with Gasteiger partial charge in [-0.1, -0.05) is 11.3 Å². The van der Waals surface area contributed by atoms with Crippen LogP contribution in [0.2, 0.25) is 0 Å². The number of aryl methyl sites for hydroxylation is 1. The summed E-state index contributed by atoms with van der Waals surface area (Å²) in [6, 6.07) is 3.72. The second-order valence-electron chi connectivity index (χ2n) is 6.08. The number of carbonyl (C=O) groups excluding carboxylic acids is 3. The summed E-state index contributed by atoms with van der Waals surface area (Å²) in [4.78, 5) is 41.6. The van der Waals surface area contributed by atoms with E-state index in [0.717, 1.165) is 20.9 Å². The number of imide groups is 1. The van der Waals surface area contributed by atoms with E-state index >= 15 is 0 Å². The van der Waals surface area contributed by atoms with Crippen molar-refractivity contribution in [3.8, 4) is 11.5 Å². The molecule has 3 amide bonds. The largest absolute Gasteiger partial charge is 0.493 e. The Morgan fingerprint density at radius 2 is 1.82 bits per heavy atom. The van der Waals surface area contributed by atoms with Crippen LogP contribution in [0, 0.1) is 0 Å². The predicted molar refractivity (Wildman–Crippen MR) is 108 cm³/mol. The van der Waals surface area contributed by atoms with Crippen molar-refractivity contribution in [1.82, 2.24) is 9.47 Å². The lowest BCUT2D eigenvalue weighted by molar-refractivity contribution is -0.141. The number of methoxy groups -OCH3 is 2. The number of benzene rings is 1. The molecule has 28 heavy (non-hydrogen) atoms. The fourth-order valence-electron chi connectivity index (χ4n) is 2.96. The third-order valence-electron chi connectivity index (χ3n) is 4.38. The molecule has 1 aromatic carbocycles. The van der Waals surface area contributed by atoms with Crippen molar-refractivity contribution < 1.29 is 23.9 Å². The molecule has 0 radical (unpaired) electrons. The highest BCUT2D eigenvalue weighted by Gasteiger charge is 2.30. The summed E-state index contributed by atoms with van der Waals surface area (Å²) in [6.07, 6.45) is 2.32. The van der Waals surface area contributed by atoms with Gasteiger partial charge >= 0.3 is 0 Å². The quantitative estimate of drug-likeness (QED) is 0.629. The van der Waals surface area contributed by atoms with Crippen molar-refractivity contribution in [2.45, 2.75) is 19.4 Å². The lowest BCUT2D eigenvalue weighted by Crippen LogP contribution is -2.34. The third kappa shape index (κ3) is 4.07. The Bertz CT molecular complexity index is 979. The molecule has 0 spiro atoms. The highest BCUT2D eigenvalue weighted by atomic mass is 32.2. The Morgan fingerprint density at radius 1 is 1.18 bits per heavy atom. The number of thiazole rings is 1. The number of likely N-dealkylation sites (tertiary alicyclic amines) is 1. The molecule has 1 aromatic heterocycles. The van der Waals surface area contributed by atoms with Crippen LogP contribution in [0.3, 0.4) is 0 Å². The maximum absolute atomic E-state index is 12.4. The standard InChI is InChI=1S/C18H21N3O5S2/c1-25-12-8-11-14(9-13(12)26-2)28-18(20(11)6-7-27-3)19-15(22)10-21-16(23)4-5-17(21)24/h8-9H,4-7,10H2,1-3H3. The van der Waals surface area contributed by atoms with Gasteiger partial charge in [-0.15, -0.1) is 0 Å². The van der Waals surface area contributed by atoms with Crippen LogP contribution < -0.4 is 14.3 Å². The number of thioether (sulfide) groups is 1. The van der Waals surface area contributed by atoms with E-state index in [1.807, 2.05) is 23.0 Å². The molecule has 0 unspecified atom stereocenters. The molecular weight excluding hydrogens is 402 g/mol. The second kappa shape index (κ2) is 8.78. The smallest absolute Gasteiger partial charge is 0.268 e. The van der Waals surface area contributed by atoms with Gasteiger partial charge in [0.2, 0.25) is 11.8 Å². The van der Waals surface area contributed by atoms with Gasteiger partial charge in [0.25, 0.3) is 5.91 Å². The second-order valence-corrected chi connectivity index (χ2v) is 8.08. The summed E-state index contributed by atoms with van der Waals surface area (Å²) in [5.41, 5.74) is 0.886. The van der Waals surface area contributed by atoms with Crippen molar-refractivity contribution in [2.75, 3.05) is 32.8 Å². The van der Waals surface area contributed by atoms with Gasteiger partial charge in [-0.25, -0.2) is 0 Å². The number of nitrogens with zero attached hydrogens (tertiary/aromatic N) is 3. The molecule has 0 atom stereocenters. The van der Waals surface area contributed by atoms with Crippen LogP contribution >= 0.6 is 23.1 Å². The third-order valence-corrected chi connectivity index (χ3v) is 6.01. The Balaban J connectivity index is 2.02. The molecule has 1 aliphatic heterocycles. The molecule has 1 fully saturated rings. The molecule has 3 rings (SSSR count). The molecule has 1 aliphatic rings. The minimum absolute atomic E-state index is 0.155. The van der Waals surface area contributed by atoms with E-state index in [4.69, 9.17) is 9.47 Å². The van der Waals surface area contributed by atoms with E-state index in [9.17, 15) is 14.4 Å². The highest BCUT2D eigenvalue weighted by molar-refractivity contribution is 7.98. The molecule has 0 aliphatic carbocycles. The van der Waals surface area contributed by atoms with E-state index in [2.05, 4.69) is 4.99 Å². The van der Waals surface area contributed by atoms with Gasteiger partial charge < -0.3 is 14.0 Å². The maximum Gasteiger partial charge on any atom is 0.268 e. The fourth-order valence-corrected chi connectivity index (χ4v) is 4.41. The molecule has 0 saturated carbocycles. The van der Waals surface area contributed by atoms with Gasteiger partial charge in [0.1, 0.15) is 6.54 Å². The molecule has 0 N–H and O–H groups in total. The van der Waals surface area contributed by atoms with E-state index < -0.39 is 5.91 Å². The van der Waals surface area contributed by atoms with Gasteiger partial charge in [-0.05, 0) is 6.26 Å². The molecule has 150 valence electrons. The zero-order valence-electron chi connectivity index (χ0n) is 15.9. The van der Waals surface area contributed by atoms with Crippen molar-refractivity contribution >= 4 is 51.0 Å². The maximum atomic E-state index is 12.4. The number of carbonyl (C=O) groups is 3. The molecule has 8 nitrogen and oxygen atoms in total. The zero-order valence-corrected chi connectivity index (χ0v) is 17.5. The lowest BCUT2D eigenvalue weighted by atomic mass is 10.3. The number of ether oxygens (including phenoxy) is 2. The average Bonchev–Trinajstić information content (AvgIpc) is 3.18. The first kappa shape index (κ1) is 20.4. The fraction of sp³-hybridized carbons (Fsp3) is 0.444. The van der Waals surface area contributed by atoms with E-state index in [0.29, 0.717) is 22.8 Å². The molecule has 10 heteroatoms. The van der Waals surface area contributed by atoms with Crippen LogP contribution in [0.4, 0.5) is 0 Å². The molecule has 2 heterocycles. The molecule has 1 saturated heterocycles. The monoisotopic (exact) mass is 423 g/mol. The van der Waals surface area contributed by atoms with Gasteiger partial charge in [0, 0.05) is 37.3 Å². The van der Waals surface area contributed by atoms with Crippen LogP contribution in [0.25, 0.3) is 10.2 Å². The predicted octanol–water partition coefficient (Wildman–Crippen LogP) is 1.66. The first-order chi connectivity index (χ1) is 13.5. The number of fused-ring (bicyclic) bond motifs is 1. The molecule has 2 aromatic rings. The van der Waals surface area contributed by atoms with Crippen LogP contribution in [0.5, 0.6) is 11.5 Å². The normalized spacial score (nSPS) is 15.0. The van der Waals surface area contributed by atoms with E-state index in [1.165, 1.54) is 11.3 Å². The summed E-state index contributed by atoms with van der Waals surface area (Å²) in [5, 5.41) is 0. The van der Waals surface area contributed by atoms with E-state index in [1.54, 1.807) is 26.0 Å². The first-order valence-electron chi connectivity index (χ1n) is 8.63. The van der Waals surface area contributed by atoms with Crippen molar-refractivity contribution in [1.29, 1.82) is 0 Å². The number of amides is 3. The van der Waals surface area contributed by atoms with Crippen LogP contribution in [-0.4, -0.2) is 60.0 Å². The number of hydrogen-bond donors (Lipinski definition) is 0. The van der Waals surface area contributed by atoms with Crippen LogP contribution in [-0.2, 0) is 20.9 Å². The number of aromatic nitrogens is 1. The van der Waals surface area contributed by atoms with Gasteiger partial charge in [-0.3, -0.25) is 19.3 Å². The van der Waals surface area contributed by atoms with Crippen LogP contribution in [0.15, 0.2) is 17.1 Å².